The van der Waals surface area contributed by atoms with Gasteiger partial charge in [0.1, 0.15) is 13.2 Å². The van der Waals surface area contributed by atoms with E-state index in [1.165, 1.54) is 0 Å². The third-order valence-electron chi connectivity index (χ3n) is 3.94. The third-order valence-corrected chi connectivity index (χ3v) is 3.94. The summed E-state index contributed by atoms with van der Waals surface area (Å²) in [4.78, 5) is 14.9. The number of rotatable bonds is 2. The third kappa shape index (κ3) is 1.96. The van der Waals surface area contributed by atoms with Crippen molar-refractivity contribution in [2.45, 2.75) is 6.92 Å². The Bertz CT molecular complexity index is 879. The van der Waals surface area contributed by atoms with Crippen LogP contribution in [0.1, 0.15) is 15.9 Å². The van der Waals surface area contributed by atoms with Crippen LogP contribution in [0.3, 0.4) is 0 Å². The Kier molecular flexibility index (Phi) is 2.89. The van der Waals surface area contributed by atoms with Gasteiger partial charge in [-0.3, -0.25) is 4.79 Å². The lowest BCUT2D eigenvalue weighted by atomic mass is 10.0. The van der Waals surface area contributed by atoms with Crippen molar-refractivity contribution in [1.82, 2.24) is 4.98 Å². The fourth-order valence-corrected chi connectivity index (χ4v) is 2.88. The predicted octanol–water partition coefficient (Wildman–Crippen LogP) is 3.73. The Hall–Kier alpha value is -2.75. The van der Waals surface area contributed by atoms with Gasteiger partial charge in [0.05, 0.1) is 5.69 Å². The van der Waals surface area contributed by atoms with E-state index >= 15 is 0 Å². The monoisotopic (exact) mass is 293 g/mol. The molecule has 0 saturated heterocycles. The molecule has 3 aromatic rings. The number of carbonyl (C=O) groups excluding carboxylic acids is 1. The van der Waals surface area contributed by atoms with Crippen LogP contribution in [0.2, 0.25) is 0 Å². The van der Waals surface area contributed by atoms with Crippen molar-refractivity contribution in [3.8, 4) is 22.8 Å². The lowest BCUT2D eigenvalue weighted by molar-refractivity contribution is 0.112. The largest absolute Gasteiger partial charge is 0.486 e. The second-order valence-corrected chi connectivity index (χ2v) is 5.44. The minimum Gasteiger partial charge on any atom is -0.486 e. The zero-order valence-electron chi connectivity index (χ0n) is 12.2. The zero-order valence-corrected chi connectivity index (χ0v) is 12.2. The first kappa shape index (κ1) is 13.0. The number of ether oxygens (including phenoxy) is 2. The summed E-state index contributed by atoms with van der Waals surface area (Å²) in [7, 11) is 0. The van der Waals surface area contributed by atoms with Gasteiger partial charge in [-0.1, -0.05) is 11.6 Å². The van der Waals surface area contributed by atoms with Crippen molar-refractivity contribution in [2.24, 2.45) is 0 Å². The lowest BCUT2D eigenvalue weighted by Crippen LogP contribution is -2.15. The number of carbonyl (C=O) groups is 1. The predicted molar refractivity (Wildman–Crippen MR) is 84.8 cm³/mol. The molecule has 0 spiro atoms. The Morgan fingerprint density at radius 3 is 2.68 bits per heavy atom. The average molecular weight is 293 g/mol. The van der Waals surface area contributed by atoms with Crippen LogP contribution in [0.15, 0.2) is 36.4 Å². The number of aromatic amines is 1. The second kappa shape index (κ2) is 4.91. The minimum atomic E-state index is 0.545. The molecule has 4 heteroatoms. The van der Waals surface area contributed by atoms with E-state index < -0.39 is 0 Å². The van der Waals surface area contributed by atoms with Crippen LogP contribution in [0.25, 0.3) is 22.2 Å². The molecule has 0 unspecified atom stereocenters. The first-order valence-corrected chi connectivity index (χ1v) is 7.24. The van der Waals surface area contributed by atoms with E-state index in [9.17, 15) is 4.79 Å². The SMILES string of the molecule is Cc1ccc2[nH]c(-c3ccc4c(c3)OCCO4)c(C=O)c2c1. The highest BCUT2D eigenvalue weighted by molar-refractivity contribution is 6.04. The molecule has 22 heavy (non-hydrogen) atoms. The number of fused-ring (bicyclic) bond motifs is 2. The topological polar surface area (TPSA) is 51.3 Å². The second-order valence-electron chi connectivity index (χ2n) is 5.44. The van der Waals surface area contributed by atoms with Crippen LogP contribution in [0.5, 0.6) is 11.5 Å². The molecule has 4 rings (SSSR count). The fourth-order valence-electron chi connectivity index (χ4n) is 2.88. The van der Waals surface area contributed by atoms with Crippen molar-refractivity contribution in [2.75, 3.05) is 13.2 Å². The maximum absolute atomic E-state index is 11.6. The summed E-state index contributed by atoms with van der Waals surface area (Å²) < 4.78 is 11.2. The molecule has 0 amide bonds. The van der Waals surface area contributed by atoms with Gasteiger partial charge in [-0.05, 0) is 37.3 Å². The van der Waals surface area contributed by atoms with E-state index in [4.69, 9.17) is 9.47 Å². The number of hydrogen-bond donors (Lipinski definition) is 1. The van der Waals surface area contributed by atoms with Crippen LogP contribution in [-0.2, 0) is 0 Å². The van der Waals surface area contributed by atoms with Crippen LogP contribution >= 0.6 is 0 Å². The summed E-state index contributed by atoms with van der Waals surface area (Å²) in [5.41, 5.74) is 4.49. The lowest BCUT2D eigenvalue weighted by Gasteiger charge is -2.18. The van der Waals surface area contributed by atoms with Gasteiger partial charge in [0.25, 0.3) is 0 Å². The highest BCUT2D eigenvalue weighted by atomic mass is 16.6. The summed E-state index contributed by atoms with van der Waals surface area (Å²) in [5, 5.41) is 0.944. The molecule has 0 bridgehead atoms. The fraction of sp³-hybridized carbons (Fsp3) is 0.167. The molecule has 1 aliphatic heterocycles. The summed E-state index contributed by atoms with van der Waals surface area (Å²) in [5.74, 6) is 1.46. The quantitative estimate of drug-likeness (QED) is 0.732. The molecule has 110 valence electrons. The van der Waals surface area contributed by atoms with Crippen LogP contribution in [-0.4, -0.2) is 24.5 Å². The molecule has 0 saturated carbocycles. The summed E-state index contributed by atoms with van der Waals surface area (Å²) in [6.07, 6.45) is 0.907. The van der Waals surface area contributed by atoms with E-state index in [0.717, 1.165) is 45.5 Å². The Labute approximate surface area is 127 Å². The van der Waals surface area contributed by atoms with Gasteiger partial charge in [-0.2, -0.15) is 0 Å². The highest BCUT2D eigenvalue weighted by Crippen LogP contribution is 2.36. The average Bonchev–Trinajstić information content (AvgIpc) is 2.92. The molecule has 0 fully saturated rings. The molecule has 0 radical (unpaired) electrons. The summed E-state index contributed by atoms with van der Waals surface area (Å²) in [6, 6.07) is 11.8. The molecular formula is C18H15NO3. The Morgan fingerprint density at radius 2 is 1.86 bits per heavy atom. The molecule has 4 nitrogen and oxygen atoms in total. The Morgan fingerprint density at radius 1 is 1.05 bits per heavy atom. The minimum absolute atomic E-state index is 0.545. The standard InChI is InChI=1S/C18H15NO3/c1-11-2-4-15-13(8-11)14(10-20)18(19-15)12-3-5-16-17(9-12)22-7-6-21-16/h2-5,8-10,19H,6-7H2,1H3. The molecule has 0 atom stereocenters. The smallest absolute Gasteiger partial charge is 0.162 e. The maximum atomic E-state index is 11.6. The van der Waals surface area contributed by atoms with Gasteiger partial charge in [-0.25, -0.2) is 0 Å². The van der Waals surface area contributed by atoms with Gasteiger partial charge in [0, 0.05) is 22.0 Å². The van der Waals surface area contributed by atoms with E-state index in [-0.39, 0.29) is 0 Å². The highest BCUT2D eigenvalue weighted by Gasteiger charge is 2.17. The molecule has 1 aliphatic rings. The summed E-state index contributed by atoms with van der Waals surface area (Å²) >= 11 is 0. The van der Waals surface area contributed by atoms with Crippen molar-refractivity contribution in [3.05, 3.63) is 47.5 Å². The van der Waals surface area contributed by atoms with Gasteiger partial charge in [-0.15, -0.1) is 0 Å². The van der Waals surface area contributed by atoms with Crippen LogP contribution < -0.4 is 9.47 Å². The normalized spacial score (nSPS) is 13.3. The van der Waals surface area contributed by atoms with Crippen molar-refractivity contribution in [1.29, 1.82) is 0 Å². The van der Waals surface area contributed by atoms with E-state index in [0.29, 0.717) is 18.8 Å². The van der Waals surface area contributed by atoms with Crippen molar-refractivity contribution in [3.63, 3.8) is 0 Å². The van der Waals surface area contributed by atoms with E-state index in [1.54, 1.807) is 0 Å². The van der Waals surface area contributed by atoms with Gasteiger partial charge in [0.15, 0.2) is 17.8 Å². The number of aryl methyl sites for hydroxylation is 1. The Balaban J connectivity index is 1.92. The summed E-state index contributed by atoms with van der Waals surface area (Å²) in [6.45, 7) is 3.13. The molecular weight excluding hydrogens is 278 g/mol. The van der Waals surface area contributed by atoms with E-state index in [2.05, 4.69) is 4.98 Å². The van der Waals surface area contributed by atoms with Gasteiger partial charge < -0.3 is 14.5 Å². The zero-order chi connectivity index (χ0) is 15.1. The molecule has 1 N–H and O–H groups in total. The molecule has 2 aromatic carbocycles. The molecule has 2 heterocycles. The van der Waals surface area contributed by atoms with Crippen molar-refractivity contribution < 1.29 is 14.3 Å². The number of aldehydes is 1. The first-order valence-electron chi connectivity index (χ1n) is 7.24. The van der Waals surface area contributed by atoms with Crippen LogP contribution in [0.4, 0.5) is 0 Å². The number of aromatic nitrogens is 1. The van der Waals surface area contributed by atoms with Crippen LogP contribution in [0, 0.1) is 6.92 Å². The van der Waals surface area contributed by atoms with Gasteiger partial charge in [0.2, 0.25) is 0 Å². The number of benzene rings is 2. The molecule has 1 aromatic heterocycles. The number of H-pyrrole nitrogens is 1. The molecule has 0 aliphatic carbocycles. The number of hydrogen-bond acceptors (Lipinski definition) is 3. The maximum Gasteiger partial charge on any atom is 0.162 e. The van der Waals surface area contributed by atoms with Crippen molar-refractivity contribution >= 4 is 17.2 Å². The van der Waals surface area contributed by atoms with Gasteiger partial charge >= 0.3 is 0 Å². The first-order chi connectivity index (χ1) is 10.8. The number of nitrogens with one attached hydrogen (secondary N) is 1. The van der Waals surface area contributed by atoms with E-state index in [1.807, 2.05) is 43.3 Å².